The largest absolute Gasteiger partial charge is 0.396 e. The minimum Gasteiger partial charge on any atom is -0.396 e. The first kappa shape index (κ1) is 10.1. The lowest BCUT2D eigenvalue weighted by Gasteiger charge is -2.51. The number of likely N-dealkylation sites (tertiary alicyclic amines) is 1. The Kier molecular flexibility index (Phi) is 2.14. The molecule has 3 heteroatoms. The number of rotatable bonds is 3. The molecule has 3 fully saturated rings. The predicted molar refractivity (Wildman–Crippen MR) is 57.6 cm³/mol. The van der Waals surface area contributed by atoms with E-state index in [2.05, 4.69) is 11.9 Å². The van der Waals surface area contributed by atoms with E-state index in [9.17, 15) is 5.11 Å². The highest BCUT2D eigenvalue weighted by Crippen LogP contribution is 2.65. The number of ether oxygens (including phenoxy) is 1. The molecule has 2 heterocycles. The van der Waals surface area contributed by atoms with Gasteiger partial charge in [0.05, 0.1) is 13.2 Å². The molecule has 2 aliphatic heterocycles. The molecule has 1 unspecified atom stereocenters. The summed E-state index contributed by atoms with van der Waals surface area (Å²) in [6.45, 7) is 4.58. The fourth-order valence-electron chi connectivity index (χ4n) is 3.65. The zero-order valence-corrected chi connectivity index (χ0v) is 9.54. The highest BCUT2D eigenvalue weighted by Gasteiger charge is 2.65. The van der Waals surface area contributed by atoms with Crippen LogP contribution >= 0.6 is 0 Å². The van der Waals surface area contributed by atoms with Gasteiger partial charge in [0, 0.05) is 24.0 Å². The van der Waals surface area contributed by atoms with E-state index in [1.165, 1.54) is 32.4 Å². The Labute approximate surface area is 91.4 Å². The quantitative estimate of drug-likeness (QED) is 0.747. The molecule has 3 rings (SSSR count). The van der Waals surface area contributed by atoms with Gasteiger partial charge in [-0.05, 0) is 38.8 Å². The van der Waals surface area contributed by atoms with Crippen LogP contribution in [0.3, 0.4) is 0 Å². The van der Waals surface area contributed by atoms with E-state index >= 15 is 0 Å². The minimum absolute atomic E-state index is 0.237. The molecule has 3 nitrogen and oxygen atoms in total. The molecular weight excluding hydrogens is 190 g/mol. The highest BCUT2D eigenvalue weighted by atomic mass is 16.5. The third-order valence-electron chi connectivity index (χ3n) is 5.10. The summed E-state index contributed by atoms with van der Waals surface area (Å²) in [6, 6.07) is 0. The third kappa shape index (κ3) is 1.23. The minimum atomic E-state index is 0.237. The van der Waals surface area contributed by atoms with Crippen LogP contribution < -0.4 is 0 Å². The summed E-state index contributed by atoms with van der Waals surface area (Å²) in [5.74, 6) is 0.755. The van der Waals surface area contributed by atoms with Gasteiger partial charge in [0.1, 0.15) is 0 Å². The van der Waals surface area contributed by atoms with Crippen molar-refractivity contribution >= 4 is 0 Å². The maximum absolute atomic E-state index is 9.61. The van der Waals surface area contributed by atoms with Gasteiger partial charge in [-0.1, -0.05) is 0 Å². The summed E-state index contributed by atoms with van der Waals surface area (Å²) in [4.78, 5) is 2.41. The van der Waals surface area contributed by atoms with E-state index in [4.69, 9.17) is 4.74 Å². The molecule has 0 bridgehead atoms. The Balaban J connectivity index is 1.81. The molecule has 0 radical (unpaired) electrons. The molecule has 0 aromatic carbocycles. The standard InChI is InChI=1S/C12H21NO2/c1-13-5-2-10(6-13)12(8-15-9-12)11(7-14)3-4-11/h10,14H,2-9H2,1H3. The normalized spacial score (nSPS) is 37.6. The van der Waals surface area contributed by atoms with Gasteiger partial charge in [0.25, 0.3) is 0 Å². The molecule has 1 atom stereocenters. The third-order valence-corrected chi connectivity index (χ3v) is 5.10. The van der Waals surface area contributed by atoms with Crippen LogP contribution in [0, 0.1) is 16.7 Å². The van der Waals surface area contributed by atoms with Crippen molar-refractivity contribution in [2.24, 2.45) is 16.7 Å². The SMILES string of the molecule is CN1CCC(C2(C3(CO)CC3)COC2)C1. The van der Waals surface area contributed by atoms with Crippen LogP contribution in [0.1, 0.15) is 19.3 Å². The van der Waals surface area contributed by atoms with E-state index in [1.807, 2.05) is 0 Å². The van der Waals surface area contributed by atoms with Crippen LogP contribution in [0.15, 0.2) is 0 Å². The second-order valence-corrected chi connectivity index (χ2v) is 5.84. The number of nitrogens with zero attached hydrogens (tertiary/aromatic N) is 1. The van der Waals surface area contributed by atoms with Crippen LogP contribution in [-0.4, -0.2) is 50.0 Å². The van der Waals surface area contributed by atoms with Gasteiger partial charge in [-0.25, -0.2) is 0 Å². The van der Waals surface area contributed by atoms with Crippen LogP contribution in [0.4, 0.5) is 0 Å². The van der Waals surface area contributed by atoms with Gasteiger partial charge in [-0.2, -0.15) is 0 Å². The van der Waals surface area contributed by atoms with Gasteiger partial charge >= 0.3 is 0 Å². The maximum atomic E-state index is 9.61. The van der Waals surface area contributed by atoms with E-state index in [1.54, 1.807) is 0 Å². The molecule has 1 aliphatic carbocycles. The van der Waals surface area contributed by atoms with Crippen molar-refractivity contribution in [3.05, 3.63) is 0 Å². The van der Waals surface area contributed by atoms with E-state index in [0.717, 1.165) is 19.1 Å². The molecule has 86 valence electrons. The number of hydrogen-bond donors (Lipinski definition) is 1. The zero-order chi connectivity index (χ0) is 10.5. The number of aliphatic hydroxyl groups is 1. The average molecular weight is 211 g/mol. The van der Waals surface area contributed by atoms with Crippen molar-refractivity contribution in [3.8, 4) is 0 Å². The zero-order valence-electron chi connectivity index (χ0n) is 9.54. The summed E-state index contributed by atoms with van der Waals surface area (Å²) in [5.41, 5.74) is 0.563. The highest BCUT2D eigenvalue weighted by molar-refractivity contribution is 5.13. The Morgan fingerprint density at radius 2 is 2.13 bits per heavy atom. The first-order valence-electron chi connectivity index (χ1n) is 6.10. The van der Waals surface area contributed by atoms with Crippen molar-refractivity contribution in [1.82, 2.24) is 4.90 Å². The van der Waals surface area contributed by atoms with Crippen molar-refractivity contribution in [1.29, 1.82) is 0 Å². The lowest BCUT2D eigenvalue weighted by atomic mass is 9.62. The molecular formula is C12H21NO2. The lowest BCUT2D eigenvalue weighted by Crippen LogP contribution is -2.56. The average Bonchev–Trinajstić information content (AvgIpc) is 2.83. The Bertz CT molecular complexity index is 258. The molecule has 2 saturated heterocycles. The van der Waals surface area contributed by atoms with Crippen molar-refractivity contribution < 1.29 is 9.84 Å². The topological polar surface area (TPSA) is 32.7 Å². The van der Waals surface area contributed by atoms with Crippen molar-refractivity contribution in [2.45, 2.75) is 19.3 Å². The molecule has 3 aliphatic rings. The lowest BCUT2D eigenvalue weighted by molar-refractivity contribution is -0.193. The van der Waals surface area contributed by atoms with Crippen molar-refractivity contribution in [2.75, 3.05) is 40.0 Å². The summed E-state index contributed by atoms with van der Waals surface area (Å²) in [6.07, 6.45) is 3.72. The van der Waals surface area contributed by atoms with Gasteiger partial charge in [0.15, 0.2) is 0 Å². The monoisotopic (exact) mass is 211 g/mol. The summed E-state index contributed by atoms with van der Waals surface area (Å²) < 4.78 is 5.48. The van der Waals surface area contributed by atoms with Crippen LogP contribution in [-0.2, 0) is 4.74 Å². The Morgan fingerprint density at radius 1 is 1.40 bits per heavy atom. The number of aliphatic hydroxyl groups excluding tert-OH is 1. The van der Waals surface area contributed by atoms with Gasteiger partial charge in [0.2, 0.25) is 0 Å². The Hall–Kier alpha value is -0.120. The van der Waals surface area contributed by atoms with Crippen LogP contribution in [0.2, 0.25) is 0 Å². The van der Waals surface area contributed by atoms with Crippen LogP contribution in [0.25, 0.3) is 0 Å². The molecule has 1 N–H and O–H groups in total. The fourth-order valence-corrected chi connectivity index (χ4v) is 3.65. The van der Waals surface area contributed by atoms with E-state index in [0.29, 0.717) is 12.0 Å². The number of hydrogen-bond acceptors (Lipinski definition) is 3. The molecule has 0 spiro atoms. The predicted octanol–water partition coefficient (Wildman–Crippen LogP) is 0.727. The molecule has 0 amide bonds. The van der Waals surface area contributed by atoms with Gasteiger partial charge < -0.3 is 14.7 Å². The summed E-state index contributed by atoms with van der Waals surface area (Å²) in [5, 5.41) is 9.61. The maximum Gasteiger partial charge on any atom is 0.0554 e. The first-order valence-corrected chi connectivity index (χ1v) is 6.10. The van der Waals surface area contributed by atoms with Gasteiger partial charge in [-0.3, -0.25) is 0 Å². The second kappa shape index (κ2) is 3.19. The molecule has 0 aromatic rings. The first-order chi connectivity index (χ1) is 7.22. The van der Waals surface area contributed by atoms with Crippen molar-refractivity contribution in [3.63, 3.8) is 0 Å². The Morgan fingerprint density at radius 3 is 2.47 bits per heavy atom. The molecule has 1 saturated carbocycles. The summed E-state index contributed by atoms with van der Waals surface area (Å²) >= 11 is 0. The molecule has 0 aromatic heterocycles. The second-order valence-electron chi connectivity index (χ2n) is 5.84. The fraction of sp³-hybridized carbons (Fsp3) is 1.00. The van der Waals surface area contributed by atoms with Crippen LogP contribution in [0.5, 0.6) is 0 Å². The van der Waals surface area contributed by atoms with E-state index in [-0.39, 0.29) is 5.41 Å². The van der Waals surface area contributed by atoms with E-state index < -0.39 is 0 Å². The van der Waals surface area contributed by atoms with Gasteiger partial charge in [-0.15, -0.1) is 0 Å². The molecule has 15 heavy (non-hydrogen) atoms. The summed E-state index contributed by atoms with van der Waals surface area (Å²) in [7, 11) is 2.20. The smallest absolute Gasteiger partial charge is 0.0554 e.